The number of carbonyl (C=O) groups is 1. The van der Waals surface area contributed by atoms with Crippen LogP contribution < -0.4 is 21.2 Å². The lowest BCUT2D eigenvalue weighted by atomic mass is 10.0. The normalized spacial score (nSPS) is 11.3. The summed E-state index contributed by atoms with van der Waals surface area (Å²) in [6, 6.07) is 17.5. The van der Waals surface area contributed by atoms with Crippen LogP contribution in [0.5, 0.6) is 5.75 Å². The minimum Gasteiger partial charge on any atom is -0.497 e. The highest BCUT2D eigenvalue weighted by Gasteiger charge is 2.14. The predicted octanol–water partition coefficient (Wildman–Crippen LogP) is 4.29. The van der Waals surface area contributed by atoms with Crippen molar-refractivity contribution < 1.29 is 13.9 Å². The molecule has 190 valence electrons. The van der Waals surface area contributed by atoms with Gasteiger partial charge in [0.1, 0.15) is 24.1 Å². The zero-order valence-corrected chi connectivity index (χ0v) is 21.2. The average molecular weight is 529 g/mol. The van der Waals surface area contributed by atoms with Gasteiger partial charge in [0.15, 0.2) is 0 Å². The number of methoxy groups -OCH3 is 1. The molecule has 0 aliphatic rings. The number of rotatable bonds is 6. The number of carbonyl (C=O) groups excluding carboxylic acids is 1. The number of ether oxygens (including phenoxy) is 1. The minimum absolute atomic E-state index is 0.125. The number of amides is 1. The summed E-state index contributed by atoms with van der Waals surface area (Å²) in [6.45, 7) is 1.42. The van der Waals surface area contributed by atoms with Crippen molar-refractivity contribution >= 4 is 45.5 Å². The van der Waals surface area contributed by atoms with Crippen LogP contribution in [-0.4, -0.2) is 29.0 Å². The lowest BCUT2D eigenvalue weighted by molar-refractivity contribution is -0.121. The molecule has 2 heterocycles. The second kappa shape index (κ2) is 10.3. The van der Waals surface area contributed by atoms with Crippen LogP contribution in [0.15, 0.2) is 86.0 Å². The Morgan fingerprint density at radius 3 is 2.58 bits per heavy atom. The fourth-order valence-electron chi connectivity index (χ4n) is 4.00. The predicted molar refractivity (Wildman–Crippen MR) is 146 cm³/mol. The van der Waals surface area contributed by atoms with Gasteiger partial charge >= 0.3 is 0 Å². The van der Waals surface area contributed by atoms with E-state index >= 15 is 0 Å². The number of aromatic nitrogens is 2. The Morgan fingerprint density at radius 1 is 1.11 bits per heavy atom. The summed E-state index contributed by atoms with van der Waals surface area (Å²) in [7, 11) is 1.58. The summed E-state index contributed by atoms with van der Waals surface area (Å²) in [4.78, 5) is 38.5. The molecular weight excluding hydrogens is 508 g/mol. The number of nitrogens with zero attached hydrogens (tertiary/aromatic N) is 3. The van der Waals surface area contributed by atoms with E-state index in [4.69, 9.17) is 20.8 Å². The van der Waals surface area contributed by atoms with E-state index in [1.165, 1.54) is 18.5 Å². The number of hydrazone groups is 1. The van der Waals surface area contributed by atoms with Gasteiger partial charge in [-0.15, -0.1) is 0 Å². The zero-order chi connectivity index (χ0) is 26.8. The second-order valence-corrected chi connectivity index (χ2v) is 8.90. The number of halogens is 1. The minimum atomic E-state index is -0.601. The van der Waals surface area contributed by atoms with E-state index in [2.05, 4.69) is 15.6 Å². The number of nitrogens with one attached hydrogen (secondary N) is 1. The van der Waals surface area contributed by atoms with Gasteiger partial charge in [-0.2, -0.15) is 10.2 Å². The maximum Gasteiger partial charge on any atom is 0.275 e. The van der Waals surface area contributed by atoms with Gasteiger partial charge in [-0.05, 0) is 55.0 Å². The number of benzene rings is 3. The van der Waals surface area contributed by atoms with Crippen molar-refractivity contribution in [1.82, 2.24) is 15.2 Å². The molecule has 0 fully saturated rings. The van der Waals surface area contributed by atoms with E-state index in [9.17, 15) is 14.4 Å². The van der Waals surface area contributed by atoms with Gasteiger partial charge in [-0.25, -0.2) is 10.1 Å². The average Bonchev–Trinajstić information content (AvgIpc) is 2.93. The summed E-state index contributed by atoms with van der Waals surface area (Å²) in [5.41, 5.74) is 4.17. The third kappa shape index (κ3) is 4.79. The third-order valence-corrected chi connectivity index (χ3v) is 6.41. The fourth-order valence-corrected chi connectivity index (χ4v) is 4.17. The van der Waals surface area contributed by atoms with Crippen LogP contribution in [0.3, 0.4) is 0 Å². The highest BCUT2D eigenvalue weighted by atomic mass is 35.5. The molecule has 9 nitrogen and oxygen atoms in total. The van der Waals surface area contributed by atoms with Crippen molar-refractivity contribution in [3.63, 3.8) is 0 Å². The lowest BCUT2D eigenvalue weighted by Crippen LogP contribution is -2.32. The van der Waals surface area contributed by atoms with Gasteiger partial charge in [0.25, 0.3) is 11.5 Å². The summed E-state index contributed by atoms with van der Waals surface area (Å²) in [5, 5.41) is 10.2. The first-order valence-electron chi connectivity index (χ1n) is 11.5. The Morgan fingerprint density at radius 2 is 1.84 bits per heavy atom. The van der Waals surface area contributed by atoms with Crippen LogP contribution in [-0.2, 0) is 11.3 Å². The molecule has 1 N–H and O–H groups in total. The van der Waals surface area contributed by atoms with Gasteiger partial charge in [0.2, 0.25) is 5.43 Å². The quantitative estimate of drug-likeness (QED) is 0.259. The topological polar surface area (TPSA) is 116 Å². The molecule has 0 bridgehead atoms. The molecule has 2 aromatic heterocycles. The molecule has 0 atom stereocenters. The number of hydrogen-bond donors (Lipinski definition) is 1. The SMILES string of the molecule is COc1ccc(-c2nn(CC(=O)N/N=C/c3coc4cc(C)c(Cl)cc4c3=O)c(=O)c3ccccc23)cc1. The second-order valence-electron chi connectivity index (χ2n) is 8.50. The molecule has 0 aliphatic carbocycles. The Balaban J connectivity index is 1.41. The standard InChI is InChI=1S/C28H21ClN4O5/c1-16-11-24-22(12-23(16)29)27(35)18(15-38-24)13-30-31-25(34)14-33-28(36)21-6-4-3-5-20(21)26(32-33)17-7-9-19(37-2)10-8-17/h3-13,15H,14H2,1-2H3,(H,31,34)/b30-13+. The lowest BCUT2D eigenvalue weighted by Gasteiger charge is -2.11. The van der Waals surface area contributed by atoms with Gasteiger partial charge in [0.05, 0.1) is 35.4 Å². The van der Waals surface area contributed by atoms with Crippen LogP contribution in [0.4, 0.5) is 0 Å². The first-order chi connectivity index (χ1) is 18.4. The molecule has 10 heteroatoms. The Bertz CT molecular complexity index is 1840. The Labute approximate surface area is 220 Å². The van der Waals surface area contributed by atoms with Gasteiger partial charge in [-0.3, -0.25) is 14.4 Å². The Kier molecular flexibility index (Phi) is 6.76. The van der Waals surface area contributed by atoms with E-state index in [1.54, 1.807) is 37.4 Å². The molecule has 5 rings (SSSR count). The van der Waals surface area contributed by atoms with E-state index in [-0.39, 0.29) is 17.5 Å². The molecule has 0 unspecified atom stereocenters. The van der Waals surface area contributed by atoms with Gasteiger partial charge in [-0.1, -0.05) is 29.8 Å². The van der Waals surface area contributed by atoms with Gasteiger partial charge < -0.3 is 9.15 Å². The summed E-state index contributed by atoms with van der Waals surface area (Å²) in [5.74, 6) is 0.0814. The van der Waals surface area contributed by atoms with E-state index in [1.807, 2.05) is 31.2 Å². The van der Waals surface area contributed by atoms with E-state index in [0.717, 1.165) is 15.8 Å². The Hall–Kier alpha value is -4.76. The molecule has 0 spiro atoms. The molecule has 0 saturated heterocycles. The third-order valence-electron chi connectivity index (χ3n) is 6.00. The number of hydrogen-bond acceptors (Lipinski definition) is 7. The van der Waals surface area contributed by atoms with Crippen LogP contribution in [0.1, 0.15) is 11.1 Å². The first kappa shape index (κ1) is 24.9. The van der Waals surface area contributed by atoms with Crippen LogP contribution in [0.2, 0.25) is 5.02 Å². The van der Waals surface area contributed by atoms with Crippen LogP contribution in [0, 0.1) is 6.92 Å². The van der Waals surface area contributed by atoms with Crippen molar-refractivity contribution in [2.75, 3.05) is 7.11 Å². The monoisotopic (exact) mass is 528 g/mol. The fraction of sp³-hybridized carbons (Fsp3) is 0.107. The van der Waals surface area contributed by atoms with Crippen LogP contribution in [0.25, 0.3) is 33.0 Å². The van der Waals surface area contributed by atoms with Crippen molar-refractivity contribution in [1.29, 1.82) is 0 Å². The maximum absolute atomic E-state index is 13.1. The molecular formula is C28H21ClN4O5. The summed E-state index contributed by atoms with van der Waals surface area (Å²) >= 11 is 6.14. The van der Waals surface area contributed by atoms with Gasteiger partial charge in [0, 0.05) is 16.0 Å². The zero-order valence-electron chi connectivity index (χ0n) is 20.4. The number of aryl methyl sites for hydroxylation is 1. The molecule has 3 aromatic carbocycles. The highest BCUT2D eigenvalue weighted by molar-refractivity contribution is 6.32. The molecule has 38 heavy (non-hydrogen) atoms. The molecule has 5 aromatic rings. The molecule has 0 saturated carbocycles. The smallest absolute Gasteiger partial charge is 0.275 e. The highest BCUT2D eigenvalue weighted by Crippen LogP contribution is 2.26. The summed E-state index contributed by atoms with van der Waals surface area (Å²) < 4.78 is 11.8. The van der Waals surface area contributed by atoms with Crippen molar-refractivity contribution in [3.8, 4) is 17.0 Å². The molecule has 1 amide bonds. The molecule has 0 aliphatic heterocycles. The van der Waals surface area contributed by atoms with Crippen molar-refractivity contribution in [2.24, 2.45) is 5.10 Å². The summed E-state index contributed by atoms with van der Waals surface area (Å²) in [6.07, 6.45) is 2.43. The largest absolute Gasteiger partial charge is 0.497 e. The van der Waals surface area contributed by atoms with E-state index < -0.39 is 11.5 Å². The van der Waals surface area contributed by atoms with Crippen molar-refractivity contribution in [2.45, 2.75) is 13.5 Å². The maximum atomic E-state index is 13.1. The number of fused-ring (bicyclic) bond motifs is 2. The molecule has 0 radical (unpaired) electrons. The first-order valence-corrected chi connectivity index (χ1v) is 11.9. The van der Waals surface area contributed by atoms with Crippen LogP contribution >= 0.6 is 11.6 Å². The van der Waals surface area contributed by atoms with E-state index in [0.29, 0.717) is 38.2 Å². The van der Waals surface area contributed by atoms with Crippen molar-refractivity contribution in [3.05, 3.63) is 104 Å².